The van der Waals surface area contributed by atoms with E-state index in [1.54, 1.807) is 23.9 Å². The summed E-state index contributed by atoms with van der Waals surface area (Å²) in [7, 11) is 2.94. The molecule has 4 aromatic rings. The van der Waals surface area contributed by atoms with E-state index in [9.17, 15) is 14.0 Å². The van der Waals surface area contributed by atoms with Gasteiger partial charge in [-0.25, -0.2) is 4.39 Å². The number of carbonyl (C=O) groups is 1. The molecule has 3 aromatic heterocycles. The van der Waals surface area contributed by atoms with Gasteiger partial charge in [0.15, 0.2) is 11.6 Å². The van der Waals surface area contributed by atoms with Crippen molar-refractivity contribution in [3.05, 3.63) is 111 Å². The molecule has 0 aliphatic rings. The van der Waals surface area contributed by atoms with Crippen molar-refractivity contribution in [1.29, 1.82) is 0 Å². The Balaban J connectivity index is 0.00000380. The van der Waals surface area contributed by atoms with Crippen molar-refractivity contribution in [3.63, 3.8) is 0 Å². The Morgan fingerprint density at radius 3 is 2.65 bits per heavy atom. The Bertz CT molecular complexity index is 1390. The highest BCUT2D eigenvalue weighted by molar-refractivity contribution is 5.95. The molecule has 194 valence electrons. The maximum atomic E-state index is 14.4. The molecule has 0 spiro atoms. The zero-order valence-corrected chi connectivity index (χ0v) is 21.1. The van der Waals surface area contributed by atoms with Crippen LogP contribution in [0.3, 0.4) is 0 Å². The molecule has 1 unspecified atom stereocenters. The molecule has 0 fully saturated rings. The number of benzene rings is 1. The molecule has 4 rings (SSSR count). The minimum absolute atomic E-state index is 0. The number of amides is 1. The Morgan fingerprint density at radius 2 is 1.95 bits per heavy atom. The number of hydrogen-bond acceptors (Lipinski definition) is 6. The summed E-state index contributed by atoms with van der Waals surface area (Å²) in [5, 5.41) is 9.67. The number of hydrogen-bond donors (Lipinski definition) is 2. The third-order valence-corrected chi connectivity index (χ3v) is 5.79. The summed E-state index contributed by atoms with van der Waals surface area (Å²) in [6, 6.07) is 14.2. The molecule has 3 heterocycles. The van der Waals surface area contributed by atoms with E-state index < -0.39 is 11.7 Å². The van der Waals surface area contributed by atoms with E-state index >= 15 is 0 Å². The minimum Gasteiger partial charge on any atom is -0.494 e. The molecule has 1 aromatic carbocycles. The van der Waals surface area contributed by atoms with Crippen molar-refractivity contribution < 1.29 is 18.7 Å². The number of pyridine rings is 2. The molecule has 2 N–H and O–H groups in total. The van der Waals surface area contributed by atoms with Crippen molar-refractivity contribution in [3.8, 4) is 5.75 Å². The summed E-state index contributed by atoms with van der Waals surface area (Å²) >= 11 is 0. The van der Waals surface area contributed by atoms with Crippen LogP contribution in [0.25, 0.3) is 0 Å². The highest BCUT2D eigenvalue weighted by atomic mass is 35.5. The summed E-state index contributed by atoms with van der Waals surface area (Å²) in [6.07, 6.45) is 4.59. The molecule has 37 heavy (non-hydrogen) atoms. The van der Waals surface area contributed by atoms with Crippen LogP contribution in [0.1, 0.15) is 38.8 Å². The number of aromatic amines is 1. The monoisotopic (exact) mass is 527 g/mol. The second-order valence-corrected chi connectivity index (χ2v) is 8.07. The van der Waals surface area contributed by atoms with Gasteiger partial charge in [-0.05, 0) is 17.2 Å². The standard InChI is InChI=1S/C26H26FN5O4.ClH/c1-35-16-20(18-8-6-17(7-9-18)15-32-12-4-3-5-23(32)33)25-19(13-30-31-25)26(34)29-14-21-24(27)22(36-2)10-11-28-21;/h3-13,20H,14-16H2,1-2H3,(H,29,34)(H,30,31);1H. The molecule has 0 bridgehead atoms. The van der Waals surface area contributed by atoms with Crippen molar-refractivity contribution >= 4 is 18.3 Å². The average Bonchev–Trinajstić information content (AvgIpc) is 3.38. The number of nitrogens with one attached hydrogen (secondary N) is 2. The Morgan fingerprint density at radius 1 is 1.16 bits per heavy atom. The maximum absolute atomic E-state index is 14.4. The highest BCUT2D eigenvalue weighted by Gasteiger charge is 2.24. The van der Waals surface area contributed by atoms with E-state index in [1.807, 2.05) is 30.3 Å². The van der Waals surface area contributed by atoms with Gasteiger partial charge in [-0.15, -0.1) is 12.4 Å². The van der Waals surface area contributed by atoms with E-state index in [4.69, 9.17) is 9.47 Å². The first-order valence-corrected chi connectivity index (χ1v) is 11.2. The number of carbonyl (C=O) groups excluding carboxylic acids is 1. The molecule has 11 heteroatoms. The fraction of sp³-hybridized carbons (Fsp3) is 0.231. The second kappa shape index (κ2) is 12.8. The number of ether oxygens (including phenoxy) is 2. The maximum Gasteiger partial charge on any atom is 0.255 e. The van der Waals surface area contributed by atoms with E-state index in [0.29, 0.717) is 24.4 Å². The third kappa shape index (κ3) is 6.41. The Kier molecular flexibility index (Phi) is 9.53. The topological polar surface area (TPSA) is 111 Å². The van der Waals surface area contributed by atoms with Crippen molar-refractivity contribution in [2.24, 2.45) is 0 Å². The van der Waals surface area contributed by atoms with Crippen LogP contribution in [0.2, 0.25) is 0 Å². The molecular weight excluding hydrogens is 501 g/mol. The van der Waals surface area contributed by atoms with Crippen LogP contribution >= 0.6 is 12.4 Å². The SMILES string of the molecule is COCC(c1ccc(Cn2ccccc2=O)cc1)c1[nH]ncc1C(=O)NCc1nccc(OC)c1F.Cl. The lowest BCUT2D eigenvalue weighted by atomic mass is 9.93. The molecule has 0 aliphatic heterocycles. The van der Waals surface area contributed by atoms with Gasteiger partial charge in [0.2, 0.25) is 0 Å². The molecular formula is C26H27ClFN5O4. The highest BCUT2D eigenvalue weighted by Crippen LogP contribution is 2.27. The van der Waals surface area contributed by atoms with Crippen molar-refractivity contribution in [2.75, 3.05) is 20.8 Å². The third-order valence-electron chi connectivity index (χ3n) is 5.79. The van der Waals surface area contributed by atoms with Crippen LogP contribution in [-0.4, -0.2) is 46.5 Å². The molecule has 0 radical (unpaired) electrons. The smallest absolute Gasteiger partial charge is 0.255 e. The van der Waals surface area contributed by atoms with Crippen LogP contribution in [0.15, 0.2) is 71.9 Å². The lowest BCUT2D eigenvalue weighted by Crippen LogP contribution is -2.25. The average molecular weight is 528 g/mol. The normalized spacial score (nSPS) is 11.4. The van der Waals surface area contributed by atoms with Crippen LogP contribution in [0.5, 0.6) is 5.75 Å². The first kappa shape index (κ1) is 27.6. The fourth-order valence-electron chi connectivity index (χ4n) is 3.91. The van der Waals surface area contributed by atoms with Crippen molar-refractivity contribution in [2.45, 2.75) is 19.0 Å². The first-order chi connectivity index (χ1) is 17.5. The van der Waals surface area contributed by atoms with Gasteiger partial charge in [0, 0.05) is 37.6 Å². The summed E-state index contributed by atoms with van der Waals surface area (Å²) in [5.74, 6) is -1.30. The van der Waals surface area contributed by atoms with Crippen LogP contribution in [0.4, 0.5) is 4.39 Å². The van der Waals surface area contributed by atoms with Gasteiger partial charge in [-0.1, -0.05) is 30.3 Å². The number of aromatic nitrogens is 4. The van der Waals surface area contributed by atoms with Crippen LogP contribution < -0.4 is 15.6 Å². The molecule has 0 saturated carbocycles. The molecule has 0 saturated heterocycles. The Labute approximate surface area is 219 Å². The van der Waals surface area contributed by atoms with Gasteiger partial charge in [-0.3, -0.25) is 19.7 Å². The van der Waals surface area contributed by atoms with Crippen LogP contribution in [0, 0.1) is 5.82 Å². The predicted octanol–water partition coefficient (Wildman–Crippen LogP) is 3.29. The van der Waals surface area contributed by atoms with E-state index in [1.165, 1.54) is 31.6 Å². The summed E-state index contributed by atoms with van der Waals surface area (Å²) in [6.45, 7) is 0.627. The van der Waals surface area contributed by atoms with Crippen LogP contribution in [-0.2, 0) is 17.8 Å². The van der Waals surface area contributed by atoms with Gasteiger partial charge >= 0.3 is 0 Å². The zero-order valence-electron chi connectivity index (χ0n) is 20.3. The van der Waals surface area contributed by atoms with Gasteiger partial charge in [0.1, 0.15) is 0 Å². The van der Waals surface area contributed by atoms with Gasteiger partial charge in [0.25, 0.3) is 11.5 Å². The number of methoxy groups -OCH3 is 2. The van der Waals surface area contributed by atoms with Gasteiger partial charge in [-0.2, -0.15) is 5.10 Å². The largest absolute Gasteiger partial charge is 0.494 e. The summed E-state index contributed by atoms with van der Waals surface area (Å²) < 4.78 is 26.4. The molecule has 0 aliphatic carbocycles. The van der Waals surface area contributed by atoms with Gasteiger partial charge in [0.05, 0.1) is 50.0 Å². The lowest BCUT2D eigenvalue weighted by Gasteiger charge is -2.17. The number of halogens is 2. The molecule has 1 amide bonds. The minimum atomic E-state index is -0.622. The lowest BCUT2D eigenvalue weighted by molar-refractivity contribution is 0.0948. The zero-order chi connectivity index (χ0) is 25.5. The quantitative estimate of drug-likeness (QED) is 0.327. The number of rotatable bonds is 10. The summed E-state index contributed by atoms with van der Waals surface area (Å²) in [5.41, 5.74) is 2.74. The number of nitrogens with zero attached hydrogens (tertiary/aromatic N) is 3. The van der Waals surface area contributed by atoms with Gasteiger partial charge < -0.3 is 19.4 Å². The van der Waals surface area contributed by atoms with E-state index in [-0.39, 0.29) is 41.9 Å². The summed E-state index contributed by atoms with van der Waals surface area (Å²) in [4.78, 5) is 29.0. The molecule has 9 nitrogen and oxygen atoms in total. The fourth-order valence-corrected chi connectivity index (χ4v) is 3.91. The van der Waals surface area contributed by atoms with E-state index in [0.717, 1.165) is 11.1 Å². The van der Waals surface area contributed by atoms with E-state index in [2.05, 4.69) is 20.5 Å². The Hall–Kier alpha value is -4.02. The first-order valence-electron chi connectivity index (χ1n) is 11.2. The molecule has 1 atom stereocenters. The second-order valence-electron chi connectivity index (χ2n) is 8.07. The number of H-pyrrole nitrogens is 1. The predicted molar refractivity (Wildman–Crippen MR) is 138 cm³/mol. The van der Waals surface area contributed by atoms with Crippen molar-refractivity contribution in [1.82, 2.24) is 25.1 Å².